The second kappa shape index (κ2) is 10.0. The number of carbonyl (C=O) groups excluding carboxylic acids is 2. The SMILES string of the molecule is CNCc1ccc(Cl)cc1CNC(=O)Cc1c(C)cnn(CC(=O)OC)c1=O. The molecule has 8 nitrogen and oxygen atoms in total. The van der Waals surface area contributed by atoms with Crippen molar-refractivity contribution in [3.8, 4) is 0 Å². The Hall–Kier alpha value is -2.71. The molecule has 0 fully saturated rings. The van der Waals surface area contributed by atoms with E-state index < -0.39 is 11.5 Å². The zero-order valence-corrected chi connectivity index (χ0v) is 16.8. The van der Waals surface area contributed by atoms with Crippen LogP contribution in [0.1, 0.15) is 22.3 Å². The van der Waals surface area contributed by atoms with Crippen molar-refractivity contribution in [3.63, 3.8) is 0 Å². The van der Waals surface area contributed by atoms with Gasteiger partial charge in [-0.2, -0.15) is 5.10 Å². The van der Waals surface area contributed by atoms with E-state index in [0.29, 0.717) is 17.1 Å². The van der Waals surface area contributed by atoms with Crippen LogP contribution in [0.2, 0.25) is 5.02 Å². The maximum atomic E-state index is 12.5. The smallest absolute Gasteiger partial charge is 0.327 e. The first-order valence-electron chi connectivity index (χ1n) is 8.66. The Kier molecular flexibility index (Phi) is 7.71. The summed E-state index contributed by atoms with van der Waals surface area (Å²) in [6.07, 6.45) is 1.34. The number of rotatable bonds is 8. The Morgan fingerprint density at radius 1 is 1.25 bits per heavy atom. The molecule has 0 saturated heterocycles. The second-order valence-corrected chi connectivity index (χ2v) is 6.68. The number of aryl methyl sites for hydroxylation is 1. The summed E-state index contributed by atoms with van der Waals surface area (Å²) in [5.41, 5.74) is 2.30. The van der Waals surface area contributed by atoms with Crippen molar-refractivity contribution in [1.29, 1.82) is 0 Å². The van der Waals surface area contributed by atoms with Gasteiger partial charge in [-0.05, 0) is 42.8 Å². The Labute approximate surface area is 167 Å². The van der Waals surface area contributed by atoms with Crippen LogP contribution in [0, 0.1) is 6.92 Å². The fourth-order valence-electron chi connectivity index (χ4n) is 2.66. The number of hydrogen-bond donors (Lipinski definition) is 2. The van der Waals surface area contributed by atoms with E-state index in [1.807, 2.05) is 13.1 Å². The number of esters is 1. The molecule has 1 aromatic heterocycles. The van der Waals surface area contributed by atoms with Gasteiger partial charge in [-0.25, -0.2) is 4.68 Å². The summed E-state index contributed by atoms with van der Waals surface area (Å²) in [6, 6.07) is 5.50. The predicted octanol–water partition coefficient (Wildman–Crippen LogP) is 0.956. The third-order valence-corrected chi connectivity index (χ3v) is 4.45. The summed E-state index contributed by atoms with van der Waals surface area (Å²) in [4.78, 5) is 36.3. The van der Waals surface area contributed by atoms with E-state index in [4.69, 9.17) is 11.6 Å². The molecule has 0 aliphatic heterocycles. The molecule has 2 aromatic rings. The quantitative estimate of drug-likeness (QED) is 0.633. The van der Waals surface area contributed by atoms with Gasteiger partial charge in [0.15, 0.2) is 0 Å². The number of benzene rings is 1. The molecule has 2 rings (SSSR count). The maximum Gasteiger partial charge on any atom is 0.327 e. The molecule has 9 heteroatoms. The first-order valence-corrected chi connectivity index (χ1v) is 9.04. The molecule has 1 aromatic carbocycles. The van der Waals surface area contributed by atoms with Crippen LogP contribution < -0.4 is 16.2 Å². The number of halogens is 1. The summed E-state index contributed by atoms with van der Waals surface area (Å²) in [5, 5.41) is 10.4. The van der Waals surface area contributed by atoms with Crippen LogP contribution in [0.3, 0.4) is 0 Å². The highest BCUT2D eigenvalue weighted by Crippen LogP contribution is 2.16. The third-order valence-electron chi connectivity index (χ3n) is 4.21. The number of ether oxygens (including phenoxy) is 1. The molecule has 0 saturated carbocycles. The fraction of sp³-hybridized carbons (Fsp3) is 0.368. The first kappa shape index (κ1) is 21.6. The Bertz CT molecular complexity index is 927. The Morgan fingerprint density at radius 2 is 2.00 bits per heavy atom. The van der Waals surface area contributed by atoms with Crippen LogP contribution >= 0.6 is 11.6 Å². The number of hydrogen-bond acceptors (Lipinski definition) is 6. The van der Waals surface area contributed by atoms with Crippen LogP contribution in [-0.4, -0.2) is 35.8 Å². The molecule has 28 heavy (non-hydrogen) atoms. The van der Waals surface area contributed by atoms with E-state index in [-0.39, 0.29) is 31.0 Å². The third kappa shape index (κ3) is 5.64. The van der Waals surface area contributed by atoms with E-state index in [2.05, 4.69) is 20.5 Å². The number of nitrogens with one attached hydrogen (secondary N) is 2. The minimum absolute atomic E-state index is 0.115. The van der Waals surface area contributed by atoms with Crippen molar-refractivity contribution in [3.05, 3.63) is 62.0 Å². The standard InChI is InChI=1S/C19H23ClN4O4/c1-12-8-23-24(11-18(26)28-3)19(27)16(12)7-17(25)22-10-14-6-15(20)5-4-13(14)9-21-2/h4-6,8,21H,7,9-11H2,1-3H3,(H,22,25). The van der Waals surface area contributed by atoms with Gasteiger partial charge in [0.2, 0.25) is 5.91 Å². The predicted molar refractivity (Wildman–Crippen MR) is 105 cm³/mol. The van der Waals surface area contributed by atoms with Crippen LogP contribution in [-0.2, 0) is 40.4 Å². The van der Waals surface area contributed by atoms with Gasteiger partial charge in [0.05, 0.1) is 19.7 Å². The van der Waals surface area contributed by atoms with E-state index in [1.165, 1.54) is 13.3 Å². The summed E-state index contributed by atoms with van der Waals surface area (Å²) >= 11 is 6.05. The number of nitrogens with zero attached hydrogens (tertiary/aromatic N) is 2. The van der Waals surface area contributed by atoms with E-state index >= 15 is 0 Å². The van der Waals surface area contributed by atoms with Crippen LogP contribution in [0.15, 0.2) is 29.2 Å². The molecule has 0 spiro atoms. The summed E-state index contributed by atoms with van der Waals surface area (Å²) in [7, 11) is 3.07. The molecule has 0 aliphatic rings. The molecule has 2 N–H and O–H groups in total. The topological polar surface area (TPSA) is 102 Å². The van der Waals surface area contributed by atoms with Crippen molar-refractivity contribution in [1.82, 2.24) is 20.4 Å². The minimum atomic E-state index is -0.591. The molecular formula is C19H23ClN4O4. The summed E-state index contributed by atoms with van der Waals surface area (Å²) in [5.74, 6) is -0.904. The van der Waals surface area contributed by atoms with Crippen LogP contribution in [0.25, 0.3) is 0 Å². The molecule has 1 heterocycles. The highest BCUT2D eigenvalue weighted by Gasteiger charge is 2.15. The molecule has 0 aliphatic carbocycles. The van der Waals surface area contributed by atoms with Gasteiger partial charge in [0.1, 0.15) is 6.54 Å². The van der Waals surface area contributed by atoms with Gasteiger partial charge in [0.25, 0.3) is 5.56 Å². The van der Waals surface area contributed by atoms with Crippen molar-refractivity contribution < 1.29 is 14.3 Å². The van der Waals surface area contributed by atoms with Crippen molar-refractivity contribution in [2.75, 3.05) is 14.2 Å². The molecule has 0 unspecified atom stereocenters. The van der Waals surface area contributed by atoms with E-state index in [9.17, 15) is 14.4 Å². The van der Waals surface area contributed by atoms with Gasteiger partial charge in [-0.15, -0.1) is 0 Å². The lowest BCUT2D eigenvalue weighted by Crippen LogP contribution is -2.34. The van der Waals surface area contributed by atoms with Crippen molar-refractivity contribution >= 4 is 23.5 Å². The fourth-order valence-corrected chi connectivity index (χ4v) is 2.86. The lowest BCUT2D eigenvalue weighted by atomic mass is 10.1. The van der Waals surface area contributed by atoms with E-state index in [0.717, 1.165) is 15.8 Å². The van der Waals surface area contributed by atoms with Gasteiger partial charge in [-0.1, -0.05) is 17.7 Å². The number of methoxy groups -OCH3 is 1. The lowest BCUT2D eigenvalue weighted by Gasteiger charge is -2.12. The molecule has 1 amide bonds. The number of aromatic nitrogens is 2. The van der Waals surface area contributed by atoms with Gasteiger partial charge in [0, 0.05) is 23.7 Å². The van der Waals surface area contributed by atoms with Crippen LogP contribution in [0.5, 0.6) is 0 Å². The Morgan fingerprint density at radius 3 is 2.68 bits per heavy atom. The average molecular weight is 407 g/mol. The first-order chi connectivity index (χ1) is 13.3. The minimum Gasteiger partial charge on any atom is -0.468 e. The van der Waals surface area contributed by atoms with E-state index in [1.54, 1.807) is 19.1 Å². The van der Waals surface area contributed by atoms with Gasteiger partial charge in [-0.3, -0.25) is 14.4 Å². The zero-order chi connectivity index (χ0) is 20.7. The van der Waals surface area contributed by atoms with Crippen LogP contribution in [0.4, 0.5) is 0 Å². The highest BCUT2D eigenvalue weighted by atomic mass is 35.5. The molecule has 0 atom stereocenters. The molecular weight excluding hydrogens is 384 g/mol. The van der Waals surface area contributed by atoms with Gasteiger partial charge < -0.3 is 15.4 Å². The summed E-state index contributed by atoms with van der Waals surface area (Å²) < 4.78 is 5.54. The maximum absolute atomic E-state index is 12.5. The van der Waals surface area contributed by atoms with Crippen molar-refractivity contribution in [2.24, 2.45) is 0 Å². The molecule has 150 valence electrons. The summed E-state index contributed by atoms with van der Waals surface area (Å²) in [6.45, 7) is 2.32. The highest BCUT2D eigenvalue weighted by molar-refractivity contribution is 6.30. The van der Waals surface area contributed by atoms with Crippen molar-refractivity contribution in [2.45, 2.75) is 33.0 Å². The molecule has 0 bridgehead atoms. The number of amides is 1. The lowest BCUT2D eigenvalue weighted by molar-refractivity contribution is -0.141. The largest absolute Gasteiger partial charge is 0.468 e. The Balaban J connectivity index is 2.12. The molecule has 0 radical (unpaired) electrons. The number of carbonyl (C=O) groups is 2. The van der Waals surface area contributed by atoms with Gasteiger partial charge >= 0.3 is 5.97 Å². The zero-order valence-electron chi connectivity index (χ0n) is 16.0. The normalized spacial score (nSPS) is 10.6. The second-order valence-electron chi connectivity index (χ2n) is 6.24. The monoisotopic (exact) mass is 406 g/mol. The average Bonchev–Trinajstić information content (AvgIpc) is 2.67.